The second kappa shape index (κ2) is 13.6. The van der Waals surface area contributed by atoms with Gasteiger partial charge in [0.15, 0.2) is 0 Å². The standard InChI is InChI=1S/C30H45N9O2/c1-7-23(8-2)37-9-11-38(12-10-37)24-13-21(16-34-18-24)25(31)19-39(33)26-14-22(17-35-20(26)3)29(41)36-28(32)15-27(40)30(4,5)6/h13-19,23,40H,7-12,31,33H2,1-6H3,(H2,32,36,41)/b25-19-,27-15-. The van der Waals surface area contributed by atoms with Crippen LogP contribution in [0.4, 0.5) is 11.4 Å². The van der Waals surface area contributed by atoms with Crippen LogP contribution in [-0.4, -0.2) is 63.9 Å². The van der Waals surface area contributed by atoms with E-state index in [4.69, 9.17) is 17.3 Å². The molecular weight excluding hydrogens is 518 g/mol. The van der Waals surface area contributed by atoms with E-state index < -0.39 is 11.3 Å². The third-order valence-electron chi connectivity index (χ3n) is 7.34. The molecule has 0 saturated carbocycles. The van der Waals surface area contributed by atoms with Gasteiger partial charge < -0.3 is 21.5 Å². The predicted octanol–water partition coefficient (Wildman–Crippen LogP) is 3.72. The second-order valence-electron chi connectivity index (χ2n) is 11.4. The van der Waals surface area contributed by atoms with Gasteiger partial charge in [-0.1, -0.05) is 34.6 Å². The minimum atomic E-state index is -0.610. The number of aliphatic hydroxyl groups excluding tert-OH is 1. The summed E-state index contributed by atoms with van der Waals surface area (Å²) in [7, 11) is 0. The maximum Gasteiger partial charge on any atom is 0.280 e. The second-order valence-corrected chi connectivity index (χ2v) is 11.4. The van der Waals surface area contributed by atoms with E-state index in [1.807, 2.05) is 33.0 Å². The van der Waals surface area contributed by atoms with Crippen molar-refractivity contribution in [1.29, 1.82) is 0 Å². The molecule has 3 rings (SSSR count). The van der Waals surface area contributed by atoms with Gasteiger partial charge in [-0.3, -0.25) is 24.7 Å². The molecule has 7 N–H and O–H groups in total. The fourth-order valence-corrected chi connectivity index (χ4v) is 4.67. The Balaban J connectivity index is 1.76. The van der Waals surface area contributed by atoms with E-state index in [1.54, 1.807) is 25.4 Å². The van der Waals surface area contributed by atoms with Crippen LogP contribution in [0.5, 0.6) is 0 Å². The van der Waals surface area contributed by atoms with Crippen LogP contribution < -0.4 is 27.2 Å². The lowest BCUT2D eigenvalue weighted by Gasteiger charge is -2.39. The number of piperazine rings is 1. The Bertz CT molecular complexity index is 1300. The zero-order valence-electron chi connectivity index (χ0n) is 25.1. The van der Waals surface area contributed by atoms with Gasteiger partial charge in [0, 0.05) is 67.9 Å². The molecule has 0 radical (unpaired) electrons. The van der Waals surface area contributed by atoms with Crippen LogP contribution in [0.3, 0.4) is 0 Å². The lowest BCUT2D eigenvalue weighted by Crippen LogP contribution is -2.50. The lowest BCUT2D eigenvalue weighted by molar-refractivity contribution is 0.100. The molecule has 0 bridgehead atoms. The molecule has 222 valence electrons. The third kappa shape index (κ3) is 8.27. The van der Waals surface area contributed by atoms with Gasteiger partial charge >= 0.3 is 0 Å². The Labute approximate surface area is 243 Å². The Morgan fingerprint density at radius 1 is 1.10 bits per heavy atom. The van der Waals surface area contributed by atoms with E-state index in [2.05, 4.69) is 38.6 Å². The zero-order valence-corrected chi connectivity index (χ0v) is 25.1. The average molecular weight is 564 g/mol. The first-order chi connectivity index (χ1) is 19.3. The van der Waals surface area contributed by atoms with Crippen LogP contribution in [0.1, 0.15) is 69.1 Å². The highest BCUT2D eigenvalue weighted by atomic mass is 16.3. The molecule has 1 fully saturated rings. The summed E-state index contributed by atoms with van der Waals surface area (Å²) >= 11 is 0. The fraction of sp³-hybridized carbons (Fsp3) is 0.467. The molecule has 0 spiro atoms. The number of aryl methyl sites for hydroxylation is 1. The minimum absolute atomic E-state index is 0.0189. The van der Waals surface area contributed by atoms with E-state index >= 15 is 0 Å². The largest absolute Gasteiger partial charge is 0.512 e. The maximum absolute atomic E-state index is 12.8. The van der Waals surface area contributed by atoms with Gasteiger partial charge in [-0.25, -0.2) is 5.84 Å². The minimum Gasteiger partial charge on any atom is -0.512 e. The maximum atomic E-state index is 12.8. The van der Waals surface area contributed by atoms with Crippen LogP contribution in [0.2, 0.25) is 0 Å². The highest BCUT2D eigenvalue weighted by molar-refractivity contribution is 6.06. The number of pyridine rings is 2. The number of nitrogens with zero attached hydrogens (tertiary/aromatic N) is 6. The summed E-state index contributed by atoms with van der Waals surface area (Å²) in [5, 5.41) is 11.5. The van der Waals surface area contributed by atoms with Gasteiger partial charge in [-0.2, -0.15) is 4.99 Å². The van der Waals surface area contributed by atoms with Crippen molar-refractivity contribution in [2.75, 3.05) is 36.1 Å². The summed E-state index contributed by atoms with van der Waals surface area (Å²) < 4.78 is 0. The van der Waals surface area contributed by atoms with Gasteiger partial charge in [0.1, 0.15) is 11.6 Å². The molecule has 0 atom stereocenters. The summed E-state index contributed by atoms with van der Waals surface area (Å²) in [6, 6.07) is 4.22. The summed E-state index contributed by atoms with van der Waals surface area (Å²) in [6.07, 6.45) is 10.1. The first kappa shape index (κ1) is 31.6. The topological polar surface area (TPSA) is 163 Å². The summed E-state index contributed by atoms with van der Waals surface area (Å²) in [5.74, 6) is 5.65. The SMILES string of the molecule is CCC(CC)N1CCN(c2cncc(/C(N)=C/N(N)c3cc(C(=O)N=C(N)/C=C(\O)C(C)(C)C)cnc3C)c2)CC1. The Kier molecular flexibility index (Phi) is 10.5. The number of amides is 1. The summed E-state index contributed by atoms with van der Waals surface area (Å²) in [4.78, 5) is 30.3. The number of aliphatic hydroxyl groups is 1. The molecule has 1 aliphatic rings. The quantitative estimate of drug-likeness (QED) is 0.116. The molecule has 0 unspecified atom stereocenters. The van der Waals surface area contributed by atoms with Crippen molar-refractivity contribution in [3.05, 3.63) is 65.6 Å². The Morgan fingerprint density at radius 3 is 2.37 bits per heavy atom. The van der Waals surface area contributed by atoms with Crippen molar-refractivity contribution >= 4 is 28.8 Å². The van der Waals surface area contributed by atoms with Gasteiger partial charge in [0.25, 0.3) is 5.91 Å². The Morgan fingerprint density at radius 2 is 1.76 bits per heavy atom. The number of carbonyl (C=O) groups is 1. The van der Waals surface area contributed by atoms with Crippen molar-refractivity contribution in [2.24, 2.45) is 27.7 Å². The number of hydrazine groups is 1. The van der Waals surface area contributed by atoms with Crippen LogP contribution in [0.25, 0.3) is 5.70 Å². The van der Waals surface area contributed by atoms with Crippen LogP contribution >= 0.6 is 0 Å². The summed E-state index contributed by atoms with van der Waals surface area (Å²) in [5.41, 5.74) is 15.2. The molecule has 1 aliphatic heterocycles. The van der Waals surface area contributed by atoms with Gasteiger partial charge in [-0.15, -0.1) is 0 Å². The number of anilines is 2. The molecule has 11 heteroatoms. The lowest BCUT2D eigenvalue weighted by atomic mass is 9.93. The average Bonchev–Trinajstić information content (AvgIpc) is 2.93. The molecule has 41 heavy (non-hydrogen) atoms. The molecule has 1 saturated heterocycles. The van der Waals surface area contributed by atoms with Crippen molar-refractivity contribution in [1.82, 2.24) is 14.9 Å². The van der Waals surface area contributed by atoms with E-state index in [9.17, 15) is 9.90 Å². The smallest absolute Gasteiger partial charge is 0.280 e. The first-order valence-electron chi connectivity index (χ1n) is 14.1. The molecular formula is C30H45N9O2. The number of hydrogen-bond acceptors (Lipinski definition) is 9. The molecule has 0 aromatic carbocycles. The molecule has 11 nitrogen and oxygen atoms in total. The molecule has 2 aromatic heterocycles. The number of allylic oxidation sites excluding steroid dienone is 1. The first-order valence-corrected chi connectivity index (χ1v) is 14.1. The third-order valence-corrected chi connectivity index (χ3v) is 7.34. The van der Waals surface area contributed by atoms with E-state index in [1.165, 1.54) is 17.3 Å². The monoisotopic (exact) mass is 563 g/mol. The Hall–Kier alpha value is -3.96. The number of aliphatic imine (C=N–C) groups is 1. The zero-order chi connectivity index (χ0) is 30.3. The number of rotatable bonds is 9. The highest BCUT2D eigenvalue weighted by Crippen LogP contribution is 2.24. The molecule has 0 aliphatic carbocycles. The van der Waals surface area contributed by atoms with E-state index in [-0.39, 0.29) is 17.2 Å². The highest BCUT2D eigenvalue weighted by Gasteiger charge is 2.22. The van der Waals surface area contributed by atoms with Crippen LogP contribution in [0, 0.1) is 12.3 Å². The van der Waals surface area contributed by atoms with Crippen molar-refractivity contribution < 1.29 is 9.90 Å². The van der Waals surface area contributed by atoms with Crippen molar-refractivity contribution in [2.45, 2.75) is 60.4 Å². The van der Waals surface area contributed by atoms with Crippen molar-refractivity contribution in [3.63, 3.8) is 0 Å². The van der Waals surface area contributed by atoms with Gasteiger partial charge in [-0.05, 0) is 31.9 Å². The van der Waals surface area contributed by atoms with Crippen molar-refractivity contribution in [3.8, 4) is 0 Å². The number of hydrogen-bond donors (Lipinski definition) is 4. The van der Waals surface area contributed by atoms with E-state index in [0.717, 1.165) is 50.3 Å². The molecule has 3 heterocycles. The number of amidine groups is 1. The number of aromatic nitrogens is 2. The molecule has 1 amide bonds. The van der Waals surface area contributed by atoms with Gasteiger partial charge in [0.2, 0.25) is 0 Å². The predicted molar refractivity (Wildman–Crippen MR) is 166 cm³/mol. The van der Waals surface area contributed by atoms with Crippen LogP contribution in [-0.2, 0) is 0 Å². The number of nitrogens with two attached hydrogens (primary N) is 3. The number of carbonyl (C=O) groups excluding carboxylic acids is 1. The summed E-state index contributed by atoms with van der Waals surface area (Å²) in [6.45, 7) is 15.6. The van der Waals surface area contributed by atoms with E-state index in [0.29, 0.717) is 23.1 Å². The fourth-order valence-electron chi connectivity index (χ4n) is 4.67. The van der Waals surface area contributed by atoms with Crippen LogP contribution in [0.15, 0.2) is 53.8 Å². The van der Waals surface area contributed by atoms with Gasteiger partial charge in [0.05, 0.1) is 34.5 Å². The normalized spacial score (nSPS) is 15.9. The molecule has 2 aromatic rings.